The van der Waals surface area contributed by atoms with E-state index >= 15 is 0 Å². The Balaban J connectivity index is 3.63. The van der Waals surface area contributed by atoms with Crippen LogP contribution in [0, 0.1) is 22.0 Å². The maximum atomic E-state index is 11.2. The minimum Gasteiger partial charge on any atom is -0.384 e. The molecule has 0 saturated carbocycles. The smallest absolute Gasteiger partial charge is 0.286 e. The Labute approximate surface area is 101 Å². The van der Waals surface area contributed by atoms with Gasteiger partial charge in [-0.1, -0.05) is 17.9 Å². The highest BCUT2D eigenvalue weighted by Crippen LogP contribution is 2.27. The second kappa shape index (κ2) is 5.14. The van der Waals surface area contributed by atoms with Gasteiger partial charge in [-0.05, 0) is 6.07 Å². The van der Waals surface area contributed by atoms with Crippen LogP contribution in [0.15, 0.2) is 23.1 Å². The highest BCUT2D eigenvalue weighted by atomic mass is 35.7. The lowest BCUT2D eigenvalue weighted by Crippen LogP contribution is -2.00. The van der Waals surface area contributed by atoms with Gasteiger partial charge in [-0.15, -0.1) is 0 Å². The van der Waals surface area contributed by atoms with E-state index < -0.39 is 31.2 Å². The number of nitro benzene ring substituents is 1. The number of rotatable bonds is 2. The summed E-state index contributed by atoms with van der Waals surface area (Å²) in [4.78, 5) is 9.48. The zero-order chi connectivity index (χ0) is 13.1. The maximum absolute atomic E-state index is 11.2. The Kier molecular flexibility index (Phi) is 4.07. The van der Waals surface area contributed by atoms with Gasteiger partial charge in [0.05, 0.1) is 4.92 Å². The number of benzene rings is 1. The maximum Gasteiger partial charge on any atom is 0.286 e. The van der Waals surface area contributed by atoms with Crippen molar-refractivity contribution in [2.75, 3.05) is 6.61 Å². The molecule has 0 amide bonds. The lowest BCUT2D eigenvalue weighted by molar-refractivity contribution is -0.385. The molecule has 0 fully saturated rings. The van der Waals surface area contributed by atoms with Crippen LogP contribution in [0.1, 0.15) is 5.56 Å². The molecule has 0 aliphatic carbocycles. The van der Waals surface area contributed by atoms with Gasteiger partial charge in [0.1, 0.15) is 17.1 Å². The van der Waals surface area contributed by atoms with Crippen LogP contribution in [0.3, 0.4) is 0 Å². The summed E-state index contributed by atoms with van der Waals surface area (Å²) in [5, 5.41) is 19.2. The van der Waals surface area contributed by atoms with Crippen LogP contribution < -0.4 is 0 Å². The van der Waals surface area contributed by atoms with Crippen LogP contribution in [0.2, 0.25) is 0 Å². The summed E-state index contributed by atoms with van der Waals surface area (Å²) in [6.07, 6.45) is 0. The molecule has 1 N–H and O–H groups in total. The average molecular weight is 276 g/mol. The van der Waals surface area contributed by atoms with Crippen molar-refractivity contribution in [2.24, 2.45) is 0 Å². The average Bonchev–Trinajstić information content (AvgIpc) is 2.24. The summed E-state index contributed by atoms with van der Waals surface area (Å²) < 4.78 is 22.4. The molecule has 0 bridgehead atoms. The lowest BCUT2D eigenvalue weighted by Gasteiger charge is -2.01. The number of nitro groups is 1. The number of halogens is 1. The molecule has 0 heterocycles. The first-order valence-electron chi connectivity index (χ1n) is 4.19. The summed E-state index contributed by atoms with van der Waals surface area (Å²) in [6.45, 7) is -0.548. The van der Waals surface area contributed by atoms with Crippen molar-refractivity contribution in [3.8, 4) is 11.8 Å². The first kappa shape index (κ1) is 13.4. The van der Waals surface area contributed by atoms with E-state index in [0.717, 1.165) is 12.1 Å². The van der Waals surface area contributed by atoms with Gasteiger partial charge in [0, 0.05) is 16.7 Å². The van der Waals surface area contributed by atoms with Crippen molar-refractivity contribution in [3.05, 3.63) is 33.9 Å². The van der Waals surface area contributed by atoms with Gasteiger partial charge in [-0.25, -0.2) is 8.42 Å². The number of aliphatic hydroxyl groups excluding tert-OH is 1. The lowest BCUT2D eigenvalue weighted by atomic mass is 10.2. The molecule has 1 rings (SSSR count). The van der Waals surface area contributed by atoms with E-state index in [1.54, 1.807) is 0 Å². The fourth-order valence-corrected chi connectivity index (χ4v) is 2.15. The molecule has 17 heavy (non-hydrogen) atoms. The van der Waals surface area contributed by atoms with Crippen molar-refractivity contribution in [1.82, 2.24) is 0 Å². The van der Waals surface area contributed by atoms with Crippen LogP contribution in [0.4, 0.5) is 5.69 Å². The Hall–Kier alpha value is -1.62. The van der Waals surface area contributed by atoms with Crippen molar-refractivity contribution >= 4 is 25.4 Å². The highest BCUT2D eigenvalue weighted by Gasteiger charge is 2.22. The number of nitrogens with zero attached hydrogens (tertiary/aromatic N) is 1. The summed E-state index contributed by atoms with van der Waals surface area (Å²) in [6, 6.07) is 3.40. The molecule has 8 heteroatoms. The van der Waals surface area contributed by atoms with Gasteiger partial charge in [-0.3, -0.25) is 10.1 Å². The van der Waals surface area contributed by atoms with Crippen molar-refractivity contribution in [1.29, 1.82) is 0 Å². The monoisotopic (exact) mass is 275 g/mol. The van der Waals surface area contributed by atoms with E-state index in [1.165, 1.54) is 6.07 Å². The molecule has 1 aromatic carbocycles. The minimum atomic E-state index is -4.14. The SMILES string of the molecule is O=[N+]([O-])c1cccc(S(=O)(=O)Cl)c1C#CCO. The van der Waals surface area contributed by atoms with E-state index in [0.29, 0.717) is 0 Å². The largest absolute Gasteiger partial charge is 0.384 e. The van der Waals surface area contributed by atoms with Crippen molar-refractivity contribution in [2.45, 2.75) is 4.90 Å². The molecule has 1 aromatic rings. The second-order valence-electron chi connectivity index (χ2n) is 2.81. The van der Waals surface area contributed by atoms with Crippen LogP contribution in [-0.4, -0.2) is 25.1 Å². The van der Waals surface area contributed by atoms with E-state index in [2.05, 4.69) is 11.8 Å². The third kappa shape index (κ3) is 3.17. The quantitative estimate of drug-likeness (QED) is 0.374. The standard InChI is InChI=1S/C9H6ClNO5S/c10-17(15,16)9-5-1-4-8(11(13)14)7(9)3-2-6-12/h1,4-5,12H,6H2. The van der Waals surface area contributed by atoms with Crippen molar-refractivity contribution < 1.29 is 18.4 Å². The zero-order valence-electron chi connectivity index (χ0n) is 8.25. The van der Waals surface area contributed by atoms with Crippen LogP contribution in [0.5, 0.6) is 0 Å². The van der Waals surface area contributed by atoms with Gasteiger partial charge in [0.2, 0.25) is 0 Å². The molecular weight excluding hydrogens is 270 g/mol. The predicted molar refractivity (Wildman–Crippen MR) is 60.1 cm³/mol. The Morgan fingerprint density at radius 1 is 1.47 bits per heavy atom. The Bertz CT molecular complexity index is 614. The molecule has 0 saturated heterocycles. The highest BCUT2D eigenvalue weighted by molar-refractivity contribution is 8.13. The van der Waals surface area contributed by atoms with Gasteiger partial charge in [0.25, 0.3) is 14.7 Å². The van der Waals surface area contributed by atoms with Crippen LogP contribution in [-0.2, 0) is 9.05 Å². The Morgan fingerprint density at radius 3 is 2.59 bits per heavy atom. The van der Waals surface area contributed by atoms with Gasteiger partial charge >= 0.3 is 0 Å². The molecular formula is C9H6ClNO5S. The molecule has 0 unspecified atom stereocenters. The summed E-state index contributed by atoms with van der Waals surface area (Å²) >= 11 is 0. The van der Waals surface area contributed by atoms with E-state index in [9.17, 15) is 18.5 Å². The zero-order valence-corrected chi connectivity index (χ0v) is 9.83. The predicted octanol–water partition coefficient (Wildman–Crippen LogP) is 0.866. The van der Waals surface area contributed by atoms with Gasteiger partial charge < -0.3 is 5.11 Å². The molecule has 0 atom stereocenters. The molecule has 0 spiro atoms. The topological polar surface area (TPSA) is 97.5 Å². The van der Waals surface area contributed by atoms with E-state index in [1.807, 2.05) is 0 Å². The summed E-state index contributed by atoms with van der Waals surface area (Å²) in [5.41, 5.74) is -0.811. The first-order valence-corrected chi connectivity index (χ1v) is 6.50. The van der Waals surface area contributed by atoms with E-state index in [-0.39, 0.29) is 5.56 Å². The number of hydrogen-bond donors (Lipinski definition) is 1. The number of aliphatic hydroxyl groups is 1. The normalized spacial score (nSPS) is 10.5. The third-order valence-electron chi connectivity index (χ3n) is 1.76. The molecule has 90 valence electrons. The molecule has 0 aliphatic heterocycles. The fourth-order valence-electron chi connectivity index (χ4n) is 1.13. The molecule has 0 radical (unpaired) electrons. The van der Waals surface area contributed by atoms with Crippen molar-refractivity contribution in [3.63, 3.8) is 0 Å². The summed E-state index contributed by atoms with van der Waals surface area (Å²) in [5.74, 6) is 4.36. The van der Waals surface area contributed by atoms with Crippen LogP contribution >= 0.6 is 10.7 Å². The fraction of sp³-hybridized carbons (Fsp3) is 0.111. The second-order valence-corrected chi connectivity index (χ2v) is 5.34. The van der Waals surface area contributed by atoms with E-state index in [4.69, 9.17) is 15.8 Å². The van der Waals surface area contributed by atoms with Gasteiger partial charge in [-0.2, -0.15) is 0 Å². The van der Waals surface area contributed by atoms with Gasteiger partial charge in [0.15, 0.2) is 0 Å². The molecule has 6 nitrogen and oxygen atoms in total. The third-order valence-corrected chi connectivity index (χ3v) is 3.12. The number of hydrogen-bond acceptors (Lipinski definition) is 5. The molecule has 0 aromatic heterocycles. The minimum absolute atomic E-state index is 0.332. The van der Waals surface area contributed by atoms with Crippen LogP contribution in [0.25, 0.3) is 0 Å². The first-order chi connectivity index (χ1) is 7.88. The Morgan fingerprint density at radius 2 is 2.12 bits per heavy atom. The summed E-state index contributed by atoms with van der Waals surface area (Å²) in [7, 11) is 1.00. The molecule has 0 aliphatic rings.